The molecule has 3 fully saturated rings. The first-order chi connectivity index (χ1) is 16.5. The van der Waals surface area contributed by atoms with E-state index in [9.17, 15) is 4.79 Å². The van der Waals surface area contributed by atoms with Gasteiger partial charge < -0.3 is 27.0 Å². The molecule has 182 valence electrons. The van der Waals surface area contributed by atoms with Gasteiger partial charge in [-0.1, -0.05) is 25.3 Å². The van der Waals surface area contributed by atoms with Crippen molar-refractivity contribution < 1.29 is 4.79 Å². The van der Waals surface area contributed by atoms with Crippen molar-refractivity contribution >= 4 is 29.4 Å². The van der Waals surface area contributed by atoms with Crippen molar-refractivity contribution in [3.05, 3.63) is 29.3 Å². The summed E-state index contributed by atoms with van der Waals surface area (Å²) in [5.74, 6) is 3.56. The van der Waals surface area contributed by atoms with Crippen LogP contribution < -0.4 is 27.0 Å². The first kappa shape index (κ1) is 22.8. The second-order valence-corrected chi connectivity index (χ2v) is 10.3. The zero-order chi connectivity index (χ0) is 23.5. The van der Waals surface area contributed by atoms with E-state index in [0.29, 0.717) is 35.4 Å². The standard InChI is InChI=1S/C25H36N8O/c1-15-5-6-19(22(26)34)12-21(15)30-25-32-23(31-24(33-25)29-20-7-8-27-14-20)28-13-18-10-16-3-2-4-17(9-16)11-18/h5-6,12,16-18,20,27H,2-4,7-11,13-14H2,1H3,(H2,26,34)(H3,28,29,30,31,32,33)/t16?,17?,18?,20-/m0/s1. The minimum absolute atomic E-state index is 0.292. The molecule has 1 aromatic heterocycles. The van der Waals surface area contributed by atoms with Gasteiger partial charge in [-0.15, -0.1) is 0 Å². The predicted molar refractivity (Wildman–Crippen MR) is 134 cm³/mol. The number of aryl methyl sites for hydroxylation is 1. The number of nitrogens with zero attached hydrogens (tertiary/aromatic N) is 3. The van der Waals surface area contributed by atoms with E-state index in [1.165, 1.54) is 38.5 Å². The summed E-state index contributed by atoms with van der Waals surface area (Å²) in [6.07, 6.45) is 9.24. The van der Waals surface area contributed by atoms with E-state index in [2.05, 4.69) is 36.2 Å². The summed E-state index contributed by atoms with van der Waals surface area (Å²) in [6, 6.07) is 5.62. The lowest BCUT2D eigenvalue weighted by molar-refractivity contribution is 0.100. The molecule has 1 aromatic carbocycles. The van der Waals surface area contributed by atoms with E-state index in [0.717, 1.165) is 49.1 Å². The zero-order valence-corrected chi connectivity index (χ0v) is 19.9. The van der Waals surface area contributed by atoms with Gasteiger partial charge in [0.15, 0.2) is 0 Å². The van der Waals surface area contributed by atoms with Crippen molar-refractivity contribution in [2.24, 2.45) is 23.5 Å². The van der Waals surface area contributed by atoms with E-state index in [-0.39, 0.29) is 0 Å². The molecule has 9 heteroatoms. The number of carbonyl (C=O) groups excluding carboxylic acids is 1. The Morgan fingerprint density at radius 1 is 1.06 bits per heavy atom. The maximum absolute atomic E-state index is 11.7. The van der Waals surface area contributed by atoms with Crippen LogP contribution in [0.3, 0.4) is 0 Å². The lowest BCUT2D eigenvalue weighted by Crippen LogP contribution is -2.30. The van der Waals surface area contributed by atoms with Crippen LogP contribution in [0.2, 0.25) is 0 Å². The molecule has 2 aliphatic carbocycles. The molecule has 34 heavy (non-hydrogen) atoms. The smallest absolute Gasteiger partial charge is 0.248 e. The molecule has 6 N–H and O–H groups in total. The molecule has 2 aromatic rings. The van der Waals surface area contributed by atoms with Crippen molar-refractivity contribution in [1.82, 2.24) is 20.3 Å². The highest BCUT2D eigenvalue weighted by molar-refractivity contribution is 5.94. The van der Waals surface area contributed by atoms with Gasteiger partial charge in [0.1, 0.15) is 0 Å². The van der Waals surface area contributed by atoms with E-state index in [1.54, 1.807) is 12.1 Å². The molecule has 9 nitrogen and oxygen atoms in total. The van der Waals surface area contributed by atoms with Gasteiger partial charge in [0.25, 0.3) is 0 Å². The number of rotatable bonds is 8. The molecule has 2 saturated carbocycles. The second kappa shape index (κ2) is 10.1. The Morgan fingerprint density at radius 2 is 1.82 bits per heavy atom. The minimum Gasteiger partial charge on any atom is -0.366 e. The van der Waals surface area contributed by atoms with Crippen molar-refractivity contribution in [3.8, 4) is 0 Å². The van der Waals surface area contributed by atoms with Gasteiger partial charge in [-0.2, -0.15) is 15.0 Å². The molecular weight excluding hydrogens is 428 g/mol. The molecule has 2 unspecified atom stereocenters. The van der Waals surface area contributed by atoms with Crippen LogP contribution in [0, 0.1) is 24.7 Å². The van der Waals surface area contributed by atoms with Gasteiger partial charge in [0.05, 0.1) is 0 Å². The van der Waals surface area contributed by atoms with E-state index < -0.39 is 5.91 Å². The van der Waals surface area contributed by atoms with Gasteiger partial charge in [0, 0.05) is 30.4 Å². The topological polar surface area (TPSA) is 130 Å². The number of benzene rings is 1. The minimum atomic E-state index is -0.464. The molecule has 3 atom stereocenters. The number of aromatic nitrogens is 3. The van der Waals surface area contributed by atoms with Gasteiger partial charge in [-0.3, -0.25) is 4.79 Å². The molecule has 3 aliphatic rings. The molecule has 1 aliphatic heterocycles. The lowest BCUT2D eigenvalue weighted by atomic mass is 9.68. The fourth-order valence-electron chi connectivity index (χ4n) is 5.84. The summed E-state index contributed by atoms with van der Waals surface area (Å²) < 4.78 is 0. The Kier molecular flexibility index (Phi) is 6.80. The molecule has 0 spiro atoms. The average molecular weight is 465 g/mol. The summed E-state index contributed by atoms with van der Waals surface area (Å²) in [5, 5.41) is 13.6. The molecule has 5 rings (SSSR count). The maximum Gasteiger partial charge on any atom is 0.248 e. The number of hydrogen-bond acceptors (Lipinski definition) is 8. The number of hydrogen-bond donors (Lipinski definition) is 5. The van der Waals surface area contributed by atoms with Crippen LogP contribution >= 0.6 is 0 Å². The number of nitrogens with one attached hydrogen (secondary N) is 4. The number of carbonyl (C=O) groups is 1. The Labute approximate surface area is 201 Å². The van der Waals surface area contributed by atoms with Crippen molar-refractivity contribution in [1.29, 1.82) is 0 Å². The third-order valence-electron chi connectivity index (χ3n) is 7.57. The van der Waals surface area contributed by atoms with Crippen LogP contribution in [0.4, 0.5) is 23.5 Å². The van der Waals surface area contributed by atoms with E-state index >= 15 is 0 Å². The van der Waals surface area contributed by atoms with Gasteiger partial charge in [0.2, 0.25) is 23.8 Å². The highest BCUT2D eigenvalue weighted by atomic mass is 16.1. The second-order valence-electron chi connectivity index (χ2n) is 10.3. The number of fused-ring (bicyclic) bond motifs is 2. The SMILES string of the molecule is Cc1ccc(C(N)=O)cc1Nc1nc(NCC2CC3CCCC(C3)C2)nc(N[C@H]2CCNC2)n1. The molecule has 1 saturated heterocycles. The van der Waals surface area contributed by atoms with Crippen LogP contribution in [0.25, 0.3) is 0 Å². The lowest BCUT2D eigenvalue weighted by Gasteiger charge is -2.39. The monoisotopic (exact) mass is 464 g/mol. The van der Waals surface area contributed by atoms with Gasteiger partial charge in [-0.25, -0.2) is 0 Å². The Hall–Kier alpha value is -2.94. The fourth-order valence-corrected chi connectivity index (χ4v) is 5.84. The Balaban J connectivity index is 1.33. The maximum atomic E-state index is 11.7. The third-order valence-corrected chi connectivity index (χ3v) is 7.57. The molecular formula is C25H36N8O. The summed E-state index contributed by atoms with van der Waals surface area (Å²) in [7, 11) is 0. The predicted octanol–water partition coefficient (Wildman–Crippen LogP) is 3.42. The summed E-state index contributed by atoms with van der Waals surface area (Å²) in [4.78, 5) is 25.6. The van der Waals surface area contributed by atoms with Crippen LogP contribution in [0.1, 0.15) is 60.9 Å². The fraction of sp³-hybridized carbons (Fsp3) is 0.600. The molecule has 2 bridgehead atoms. The van der Waals surface area contributed by atoms with E-state index in [4.69, 9.17) is 5.73 Å². The summed E-state index contributed by atoms with van der Waals surface area (Å²) >= 11 is 0. The number of primary amides is 1. The molecule has 1 amide bonds. The molecule has 0 radical (unpaired) electrons. The van der Waals surface area contributed by atoms with Crippen LogP contribution in [0.5, 0.6) is 0 Å². The van der Waals surface area contributed by atoms with Gasteiger partial charge in [-0.05, 0) is 74.6 Å². The quantitative estimate of drug-likeness (QED) is 0.402. The van der Waals surface area contributed by atoms with Crippen molar-refractivity contribution in [2.75, 3.05) is 35.6 Å². The Bertz CT molecular complexity index is 1010. The van der Waals surface area contributed by atoms with Crippen molar-refractivity contribution in [3.63, 3.8) is 0 Å². The van der Waals surface area contributed by atoms with Gasteiger partial charge >= 0.3 is 0 Å². The Morgan fingerprint density at radius 3 is 2.56 bits per heavy atom. The normalized spacial score (nSPS) is 26.1. The van der Waals surface area contributed by atoms with Crippen LogP contribution in [0.15, 0.2) is 18.2 Å². The zero-order valence-electron chi connectivity index (χ0n) is 19.9. The van der Waals surface area contributed by atoms with Crippen LogP contribution in [-0.2, 0) is 0 Å². The largest absolute Gasteiger partial charge is 0.366 e. The summed E-state index contributed by atoms with van der Waals surface area (Å²) in [6.45, 7) is 4.73. The average Bonchev–Trinajstić information content (AvgIpc) is 3.32. The number of amides is 1. The number of anilines is 4. The highest BCUT2D eigenvalue weighted by Gasteiger charge is 2.31. The van der Waals surface area contributed by atoms with E-state index in [1.807, 2.05) is 13.0 Å². The first-order valence-corrected chi connectivity index (χ1v) is 12.7. The molecule has 2 heterocycles. The van der Waals surface area contributed by atoms with Crippen LogP contribution in [-0.4, -0.2) is 46.5 Å². The third kappa shape index (κ3) is 5.58. The first-order valence-electron chi connectivity index (χ1n) is 12.7. The number of nitrogens with two attached hydrogens (primary N) is 1. The summed E-state index contributed by atoms with van der Waals surface area (Å²) in [5.41, 5.74) is 7.65. The highest BCUT2D eigenvalue weighted by Crippen LogP contribution is 2.42. The van der Waals surface area contributed by atoms with Crippen molar-refractivity contribution in [2.45, 2.75) is 57.9 Å².